The monoisotopic (exact) mass is 343 g/mol. The Hall–Kier alpha value is -2.02. The first-order valence-electron chi connectivity index (χ1n) is 8.69. The number of benzene rings is 1. The number of morpholine rings is 1. The molecular weight excluding hydrogens is 318 g/mol. The zero-order valence-corrected chi connectivity index (χ0v) is 14.7. The molecule has 1 aromatic carbocycles. The molecule has 1 saturated heterocycles. The fraction of sp³-hybridized carbons (Fsp3) is 0.474. The molecule has 134 valence electrons. The Kier molecular flexibility index (Phi) is 5.63. The highest BCUT2D eigenvalue weighted by atomic mass is 16.5. The molecule has 0 amide bonds. The van der Waals surface area contributed by atoms with Crippen molar-refractivity contribution < 1.29 is 14.6 Å². The van der Waals surface area contributed by atoms with Crippen molar-refractivity contribution in [3.05, 3.63) is 54.1 Å². The van der Waals surface area contributed by atoms with Gasteiger partial charge in [0.2, 0.25) is 5.78 Å². The van der Waals surface area contributed by atoms with Crippen LogP contribution in [0.15, 0.2) is 42.7 Å². The largest absolute Gasteiger partial charge is 0.390 e. The van der Waals surface area contributed by atoms with Crippen LogP contribution in [0.1, 0.15) is 30.0 Å². The molecule has 1 N–H and O–H groups in total. The van der Waals surface area contributed by atoms with Gasteiger partial charge in [-0.25, -0.2) is 4.98 Å². The smallest absolute Gasteiger partial charge is 0.228 e. The second kappa shape index (κ2) is 7.91. The predicted molar refractivity (Wildman–Crippen MR) is 94.6 cm³/mol. The van der Waals surface area contributed by atoms with Crippen LogP contribution in [0.4, 0.5) is 0 Å². The highest BCUT2D eigenvalue weighted by Crippen LogP contribution is 2.13. The summed E-state index contributed by atoms with van der Waals surface area (Å²) < 4.78 is 7.45. The lowest BCUT2D eigenvalue weighted by atomic mass is 10.1. The van der Waals surface area contributed by atoms with Crippen LogP contribution in [0.25, 0.3) is 0 Å². The number of ether oxygens (including phenoxy) is 1. The van der Waals surface area contributed by atoms with Gasteiger partial charge >= 0.3 is 0 Å². The van der Waals surface area contributed by atoms with Crippen LogP contribution in [0, 0.1) is 0 Å². The van der Waals surface area contributed by atoms with Gasteiger partial charge in [-0.15, -0.1) is 0 Å². The van der Waals surface area contributed by atoms with Gasteiger partial charge in [-0.2, -0.15) is 0 Å². The summed E-state index contributed by atoms with van der Waals surface area (Å²) in [7, 11) is 0. The average molecular weight is 343 g/mol. The van der Waals surface area contributed by atoms with Gasteiger partial charge in [0, 0.05) is 37.6 Å². The number of aliphatic hydroxyl groups is 1. The fourth-order valence-corrected chi connectivity index (χ4v) is 3.40. The highest BCUT2D eigenvalue weighted by Gasteiger charge is 2.24. The third-order valence-corrected chi connectivity index (χ3v) is 4.33. The molecule has 2 aromatic rings. The van der Waals surface area contributed by atoms with E-state index in [-0.39, 0.29) is 18.0 Å². The van der Waals surface area contributed by atoms with Gasteiger partial charge < -0.3 is 14.4 Å². The quantitative estimate of drug-likeness (QED) is 0.807. The zero-order valence-electron chi connectivity index (χ0n) is 14.7. The van der Waals surface area contributed by atoms with E-state index in [2.05, 4.69) is 9.88 Å². The molecule has 1 aromatic heterocycles. The van der Waals surface area contributed by atoms with Crippen LogP contribution in [0.5, 0.6) is 0 Å². The summed E-state index contributed by atoms with van der Waals surface area (Å²) >= 11 is 0. The molecule has 1 aliphatic rings. The van der Waals surface area contributed by atoms with E-state index >= 15 is 0 Å². The number of rotatable bonds is 6. The molecule has 2 heterocycles. The lowest BCUT2D eigenvalue weighted by Crippen LogP contribution is -2.48. The molecule has 0 bridgehead atoms. The second-order valence-corrected chi connectivity index (χ2v) is 6.73. The normalized spacial score (nSPS) is 22.7. The van der Waals surface area contributed by atoms with Gasteiger partial charge in [0.1, 0.15) is 0 Å². The molecule has 0 saturated carbocycles. The molecule has 3 atom stereocenters. The number of β-amino-alcohol motifs (C(OH)–C–C–N with tert-alkyl or cyclic N) is 1. The fourth-order valence-electron chi connectivity index (χ4n) is 3.40. The second-order valence-electron chi connectivity index (χ2n) is 6.73. The van der Waals surface area contributed by atoms with Crippen molar-refractivity contribution in [1.29, 1.82) is 0 Å². The molecular formula is C19H25N3O3. The first-order chi connectivity index (χ1) is 12.0. The van der Waals surface area contributed by atoms with Crippen LogP contribution in [-0.4, -0.2) is 63.3 Å². The third-order valence-electron chi connectivity index (χ3n) is 4.33. The van der Waals surface area contributed by atoms with Crippen molar-refractivity contribution in [3.63, 3.8) is 0 Å². The topological polar surface area (TPSA) is 67.6 Å². The number of ketones is 1. The molecule has 3 rings (SSSR count). The van der Waals surface area contributed by atoms with Gasteiger partial charge in [-0.1, -0.05) is 30.3 Å². The maximum Gasteiger partial charge on any atom is 0.228 e. The Bertz CT molecular complexity index is 691. The van der Waals surface area contributed by atoms with Crippen molar-refractivity contribution in [3.8, 4) is 0 Å². The van der Waals surface area contributed by atoms with Gasteiger partial charge in [0.15, 0.2) is 5.82 Å². The Balaban J connectivity index is 1.64. The van der Waals surface area contributed by atoms with Gasteiger partial charge in [0.05, 0.1) is 24.9 Å². The number of carbonyl (C=O) groups is 1. The number of carbonyl (C=O) groups excluding carboxylic acids is 1. The van der Waals surface area contributed by atoms with E-state index in [4.69, 9.17) is 4.74 Å². The summed E-state index contributed by atoms with van der Waals surface area (Å²) in [5.41, 5.74) is 0.597. The molecule has 25 heavy (non-hydrogen) atoms. The van der Waals surface area contributed by atoms with Crippen LogP contribution < -0.4 is 0 Å². The van der Waals surface area contributed by atoms with Crippen LogP contribution in [0.2, 0.25) is 0 Å². The summed E-state index contributed by atoms with van der Waals surface area (Å²) in [6.45, 7) is 6.59. The molecule has 0 spiro atoms. The standard InChI is InChI=1S/C19H25N3O3/c1-14-10-21(11-15(2)25-14)12-17(23)13-22-9-8-20-19(22)18(24)16-6-4-3-5-7-16/h3-9,14-15,17,23H,10-13H2,1-2H3/t14-,15+,17-/m1/s1. The summed E-state index contributed by atoms with van der Waals surface area (Å²) in [5, 5.41) is 10.5. The lowest BCUT2D eigenvalue weighted by molar-refractivity contribution is -0.0772. The maximum atomic E-state index is 12.6. The SMILES string of the molecule is C[C@@H]1CN(C[C@@H](O)Cn2ccnc2C(=O)c2ccccc2)C[C@H](C)O1. The van der Waals surface area contributed by atoms with Gasteiger partial charge in [-0.3, -0.25) is 9.69 Å². The lowest BCUT2D eigenvalue weighted by Gasteiger charge is -2.36. The first kappa shape index (κ1) is 17.8. The van der Waals surface area contributed by atoms with E-state index in [9.17, 15) is 9.90 Å². The van der Waals surface area contributed by atoms with E-state index < -0.39 is 6.10 Å². The number of aromatic nitrogens is 2. The van der Waals surface area contributed by atoms with E-state index in [1.165, 1.54) is 0 Å². The van der Waals surface area contributed by atoms with Crippen molar-refractivity contribution >= 4 is 5.78 Å². The number of hydrogen-bond acceptors (Lipinski definition) is 5. The Morgan fingerprint density at radius 2 is 1.92 bits per heavy atom. The minimum Gasteiger partial charge on any atom is -0.390 e. The summed E-state index contributed by atoms with van der Waals surface area (Å²) in [6, 6.07) is 9.08. The Labute approximate surface area is 148 Å². The number of imidazole rings is 1. The molecule has 6 heteroatoms. The van der Waals surface area contributed by atoms with Crippen molar-refractivity contribution in [1.82, 2.24) is 14.5 Å². The van der Waals surface area contributed by atoms with Crippen molar-refractivity contribution in [2.24, 2.45) is 0 Å². The Morgan fingerprint density at radius 1 is 1.24 bits per heavy atom. The number of nitrogens with zero attached hydrogens (tertiary/aromatic N) is 3. The molecule has 1 aliphatic heterocycles. The van der Waals surface area contributed by atoms with Crippen LogP contribution in [-0.2, 0) is 11.3 Å². The molecule has 0 unspecified atom stereocenters. The van der Waals surface area contributed by atoms with Crippen LogP contribution in [0.3, 0.4) is 0 Å². The highest BCUT2D eigenvalue weighted by molar-refractivity contribution is 6.06. The van der Waals surface area contributed by atoms with Gasteiger partial charge in [0.25, 0.3) is 0 Å². The average Bonchev–Trinajstić information content (AvgIpc) is 3.01. The first-order valence-corrected chi connectivity index (χ1v) is 8.69. The predicted octanol–water partition coefficient (Wildman–Crippen LogP) is 1.58. The van der Waals surface area contributed by atoms with Gasteiger partial charge in [-0.05, 0) is 13.8 Å². The summed E-state index contributed by atoms with van der Waals surface area (Å²) in [4.78, 5) is 19.0. The molecule has 6 nitrogen and oxygen atoms in total. The van der Waals surface area contributed by atoms with E-state index in [1.54, 1.807) is 29.1 Å². The number of hydrogen-bond donors (Lipinski definition) is 1. The van der Waals surface area contributed by atoms with E-state index in [0.29, 0.717) is 24.5 Å². The van der Waals surface area contributed by atoms with Crippen LogP contribution >= 0.6 is 0 Å². The minimum absolute atomic E-state index is 0.133. The maximum absolute atomic E-state index is 12.6. The summed E-state index contributed by atoms with van der Waals surface area (Å²) in [6.07, 6.45) is 3.10. The number of aliphatic hydroxyl groups excluding tert-OH is 1. The Morgan fingerprint density at radius 3 is 2.60 bits per heavy atom. The molecule has 1 fully saturated rings. The third kappa shape index (κ3) is 4.54. The van der Waals surface area contributed by atoms with E-state index in [0.717, 1.165) is 13.1 Å². The van der Waals surface area contributed by atoms with Crippen molar-refractivity contribution in [2.45, 2.75) is 38.7 Å². The minimum atomic E-state index is -0.575. The van der Waals surface area contributed by atoms with E-state index in [1.807, 2.05) is 32.0 Å². The zero-order chi connectivity index (χ0) is 17.8. The van der Waals surface area contributed by atoms with Crippen molar-refractivity contribution in [2.75, 3.05) is 19.6 Å². The summed E-state index contributed by atoms with van der Waals surface area (Å²) in [5.74, 6) is 0.223. The molecule has 0 aliphatic carbocycles. The molecule has 0 radical (unpaired) electrons.